The van der Waals surface area contributed by atoms with Gasteiger partial charge in [-0.2, -0.15) is 0 Å². The van der Waals surface area contributed by atoms with Crippen LogP contribution in [0.15, 0.2) is 57.5 Å². The van der Waals surface area contributed by atoms with E-state index in [1.165, 1.54) is 37.0 Å². The molecule has 1 aliphatic rings. The average molecular weight is 568 g/mol. The molecule has 210 valence electrons. The lowest BCUT2D eigenvalue weighted by Gasteiger charge is -2.25. The first kappa shape index (κ1) is 28.6. The first-order chi connectivity index (χ1) is 19.1. The molecule has 0 aliphatic carbocycles. The van der Waals surface area contributed by atoms with Crippen LogP contribution < -0.4 is 29.1 Å². The number of ether oxygens (including phenoxy) is 4. The number of hydrogen-bond donors (Lipinski definition) is 0. The van der Waals surface area contributed by atoms with E-state index in [0.717, 1.165) is 11.3 Å². The van der Waals surface area contributed by atoms with Crippen LogP contribution in [0.25, 0.3) is 6.08 Å². The molecule has 1 aliphatic heterocycles. The minimum absolute atomic E-state index is 0.0265. The van der Waals surface area contributed by atoms with Crippen LogP contribution in [0.1, 0.15) is 44.9 Å². The SMILES string of the molecule is CCOC(=O)C1=C(C)N=c2s/c(=C\c3cc(OC)c(OC)cc3[N+](=O)[O-])c(=O)n2[C@H]1c1ccc(OC(C)C)cc1. The number of hydrogen-bond acceptors (Lipinski definition) is 10. The van der Waals surface area contributed by atoms with E-state index in [2.05, 4.69) is 4.99 Å². The third kappa shape index (κ3) is 5.48. The standard InChI is InChI=1S/C28H29N3O8S/c1-7-38-27(33)24-16(4)29-28-30(25(24)17-8-10-19(11-9-17)39-15(2)3)26(32)23(40-28)13-18-12-21(36-5)22(37-6)14-20(18)31(34)35/h8-15,25H,7H2,1-6H3/b23-13-/t25-/m0/s1. The summed E-state index contributed by atoms with van der Waals surface area (Å²) in [5.41, 5.74) is 0.726. The molecular weight excluding hydrogens is 538 g/mol. The highest BCUT2D eigenvalue weighted by molar-refractivity contribution is 7.07. The molecule has 3 aromatic rings. The minimum Gasteiger partial charge on any atom is -0.493 e. The lowest BCUT2D eigenvalue weighted by Crippen LogP contribution is -2.39. The molecule has 4 rings (SSSR count). The highest BCUT2D eigenvalue weighted by Crippen LogP contribution is 2.35. The summed E-state index contributed by atoms with van der Waals surface area (Å²) in [5.74, 6) is 0.521. The van der Waals surface area contributed by atoms with Crippen LogP contribution in [-0.4, -0.2) is 42.4 Å². The Bertz CT molecular complexity index is 1670. The Balaban J connectivity index is 1.95. The van der Waals surface area contributed by atoms with Crippen molar-refractivity contribution in [2.24, 2.45) is 4.99 Å². The number of aromatic nitrogens is 1. The molecule has 2 heterocycles. The van der Waals surface area contributed by atoms with Gasteiger partial charge in [-0.1, -0.05) is 23.5 Å². The Morgan fingerprint density at radius 1 is 1.18 bits per heavy atom. The third-order valence-electron chi connectivity index (χ3n) is 6.10. The topological polar surface area (TPSA) is 131 Å². The molecule has 0 radical (unpaired) electrons. The largest absolute Gasteiger partial charge is 0.493 e. The van der Waals surface area contributed by atoms with Gasteiger partial charge in [-0.05, 0) is 57.5 Å². The fourth-order valence-electron chi connectivity index (χ4n) is 4.41. The zero-order valence-corrected chi connectivity index (χ0v) is 23.7. The molecule has 0 bridgehead atoms. The molecule has 0 N–H and O–H groups in total. The van der Waals surface area contributed by atoms with Crippen LogP contribution in [-0.2, 0) is 9.53 Å². The van der Waals surface area contributed by atoms with E-state index in [1.807, 2.05) is 13.8 Å². The number of esters is 1. The maximum Gasteiger partial charge on any atom is 0.338 e. The molecule has 0 amide bonds. The summed E-state index contributed by atoms with van der Waals surface area (Å²) >= 11 is 1.06. The third-order valence-corrected chi connectivity index (χ3v) is 7.08. The highest BCUT2D eigenvalue weighted by atomic mass is 32.1. The molecule has 2 aromatic carbocycles. The number of thiazole rings is 1. The Kier molecular flexibility index (Phi) is 8.38. The zero-order valence-electron chi connectivity index (χ0n) is 22.9. The smallest absolute Gasteiger partial charge is 0.338 e. The molecule has 11 nitrogen and oxygen atoms in total. The molecular formula is C28H29N3O8S. The second-order valence-corrected chi connectivity index (χ2v) is 10.1. The first-order valence-corrected chi connectivity index (χ1v) is 13.3. The number of methoxy groups -OCH3 is 2. The number of fused-ring (bicyclic) bond motifs is 1. The molecule has 0 saturated heterocycles. The van der Waals surface area contributed by atoms with Gasteiger partial charge in [0.25, 0.3) is 11.2 Å². The molecule has 0 saturated carbocycles. The first-order valence-electron chi connectivity index (χ1n) is 12.5. The number of nitro benzene ring substituents is 1. The Hall–Kier alpha value is -4.45. The van der Waals surface area contributed by atoms with Gasteiger partial charge < -0.3 is 18.9 Å². The fraction of sp³-hybridized carbons (Fsp3) is 0.321. The molecule has 40 heavy (non-hydrogen) atoms. The second-order valence-electron chi connectivity index (χ2n) is 9.06. The van der Waals surface area contributed by atoms with Gasteiger partial charge in [0.2, 0.25) is 0 Å². The van der Waals surface area contributed by atoms with Gasteiger partial charge >= 0.3 is 5.97 Å². The minimum atomic E-state index is -0.828. The van der Waals surface area contributed by atoms with Crippen molar-refractivity contribution in [2.45, 2.75) is 39.8 Å². The van der Waals surface area contributed by atoms with Crippen molar-refractivity contribution in [2.75, 3.05) is 20.8 Å². The van der Waals surface area contributed by atoms with E-state index in [-0.39, 0.29) is 45.6 Å². The van der Waals surface area contributed by atoms with E-state index in [0.29, 0.717) is 21.8 Å². The maximum absolute atomic E-state index is 13.9. The summed E-state index contributed by atoms with van der Waals surface area (Å²) in [4.78, 5) is 43.1. The van der Waals surface area contributed by atoms with E-state index in [4.69, 9.17) is 18.9 Å². The highest BCUT2D eigenvalue weighted by Gasteiger charge is 2.33. The van der Waals surface area contributed by atoms with Crippen molar-refractivity contribution in [1.29, 1.82) is 0 Å². The number of rotatable bonds is 9. The number of nitro groups is 1. The Morgan fingerprint density at radius 3 is 2.40 bits per heavy atom. The van der Waals surface area contributed by atoms with Crippen LogP contribution in [0.3, 0.4) is 0 Å². The zero-order chi connectivity index (χ0) is 29.1. The second kappa shape index (κ2) is 11.7. The van der Waals surface area contributed by atoms with Crippen molar-refractivity contribution >= 4 is 29.1 Å². The summed E-state index contributed by atoms with van der Waals surface area (Å²) in [6, 6.07) is 8.98. The van der Waals surface area contributed by atoms with E-state index in [1.54, 1.807) is 38.1 Å². The van der Waals surface area contributed by atoms with Crippen molar-refractivity contribution < 1.29 is 28.7 Å². The normalized spacial score (nSPS) is 15.0. The summed E-state index contributed by atoms with van der Waals surface area (Å²) in [6.07, 6.45) is 1.39. The Labute approximate surface area is 233 Å². The number of carbonyl (C=O) groups is 1. The Morgan fingerprint density at radius 2 is 1.82 bits per heavy atom. The summed E-state index contributed by atoms with van der Waals surface area (Å²) < 4.78 is 23.2. The number of carbonyl (C=O) groups excluding carboxylic acids is 1. The maximum atomic E-state index is 13.9. The van der Waals surface area contributed by atoms with Gasteiger partial charge in [-0.3, -0.25) is 19.5 Å². The summed E-state index contributed by atoms with van der Waals surface area (Å²) in [6.45, 7) is 7.37. The predicted molar refractivity (Wildman–Crippen MR) is 149 cm³/mol. The molecule has 12 heteroatoms. The number of benzene rings is 2. The molecule has 1 aromatic heterocycles. The molecule has 0 unspecified atom stereocenters. The van der Waals surface area contributed by atoms with Crippen LogP contribution >= 0.6 is 11.3 Å². The van der Waals surface area contributed by atoms with Crippen molar-refractivity contribution in [3.63, 3.8) is 0 Å². The monoisotopic (exact) mass is 567 g/mol. The van der Waals surface area contributed by atoms with Crippen molar-refractivity contribution in [3.05, 3.63) is 88.6 Å². The number of allylic oxidation sites excluding steroid dienone is 1. The average Bonchev–Trinajstić information content (AvgIpc) is 3.21. The van der Waals surface area contributed by atoms with Gasteiger partial charge in [0.1, 0.15) is 5.75 Å². The van der Waals surface area contributed by atoms with Gasteiger partial charge in [0.15, 0.2) is 16.3 Å². The van der Waals surface area contributed by atoms with Crippen molar-refractivity contribution in [3.8, 4) is 17.2 Å². The lowest BCUT2D eigenvalue weighted by atomic mass is 9.96. The quantitative estimate of drug-likeness (QED) is 0.218. The molecule has 1 atom stereocenters. The van der Waals surface area contributed by atoms with Crippen molar-refractivity contribution in [1.82, 2.24) is 4.57 Å². The van der Waals surface area contributed by atoms with Gasteiger partial charge in [-0.15, -0.1) is 0 Å². The predicted octanol–water partition coefficient (Wildman–Crippen LogP) is 3.51. The number of nitrogens with zero attached hydrogens (tertiary/aromatic N) is 3. The van der Waals surface area contributed by atoms with Crippen LogP contribution in [0, 0.1) is 10.1 Å². The van der Waals surface area contributed by atoms with Gasteiger partial charge in [0, 0.05) is 0 Å². The van der Waals surface area contributed by atoms with E-state index in [9.17, 15) is 19.7 Å². The van der Waals surface area contributed by atoms with E-state index < -0.39 is 22.5 Å². The van der Waals surface area contributed by atoms with Crippen LogP contribution in [0.2, 0.25) is 0 Å². The fourth-order valence-corrected chi connectivity index (χ4v) is 5.44. The van der Waals surface area contributed by atoms with Crippen LogP contribution in [0.4, 0.5) is 5.69 Å². The van der Waals surface area contributed by atoms with E-state index >= 15 is 0 Å². The van der Waals surface area contributed by atoms with Crippen LogP contribution in [0.5, 0.6) is 17.2 Å². The molecule has 0 fully saturated rings. The summed E-state index contributed by atoms with van der Waals surface area (Å²) in [5, 5.41) is 11.8. The summed E-state index contributed by atoms with van der Waals surface area (Å²) in [7, 11) is 2.79. The molecule has 0 spiro atoms. The van der Waals surface area contributed by atoms with Gasteiger partial charge in [0.05, 0.1) is 65.3 Å². The lowest BCUT2D eigenvalue weighted by molar-refractivity contribution is -0.385. The van der Waals surface area contributed by atoms with Gasteiger partial charge in [-0.25, -0.2) is 9.79 Å².